The Hall–Kier alpha value is -3.32. The third-order valence-corrected chi connectivity index (χ3v) is 5.02. The van der Waals surface area contributed by atoms with Crippen LogP contribution in [0.15, 0.2) is 83.8 Å². The summed E-state index contributed by atoms with van der Waals surface area (Å²) in [5, 5.41) is 2.65. The highest BCUT2D eigenvalue weighted by atomic mass is 32.2. The van der Waals surface area contributed by atoms with Gasteiger partial charge in [-0.2, -0.15) is 8.42 Å². The van der Waals surface area contributed by atoms with Crippen molar-refractivity contribution in [3.63, 3.8) is 0 Å². The first-order chi connectivity index (χ1) is 13.4. The van der Waals surface area contributed by atoms with E-state index in [0.717, 1.165) is 5.56 Å². The van der Waals surface area contributed by atoms with Crippen LogP contribution < -0.4 is 14.2 Å². The lowest BCUT2D eigenvalue weighted by Crippen LogP contribution is -2.19. The molecule has 6 nitrogen and oxygen atoms in total. The predicted octanol–water partition coefficient (Wildman–Crippen LogP) is 3.88. The summed E-state index contributed by atoms with van der Waals surface area (Å²) in [6.07, 6.45) is 0. The molecule has 3 aromatic rings. The fourth-order valence-corrected chi connectivity index (χ4v) is 3.29. The Kier molecular flexibility index (Phi) is 5.96. The van der Waals surface area contributed by atoms with Crippen LogP contribution in [0.1, 0.15) is 12.5 Å². The minimum absolute atomic E-state index is 0.0312. The number of para-hydroxylation sites is 1. The van der Waals surface area contributed by atoms with Gasteiger partial charge in [0.05, 0.1) is 0 Å². The molecule has 3 rings (SSSR count). The molecule has 28 heavy (non-hydrogen) atoms. The minimum Gasteiger partial charge on any atom is -0.457 e. The Morgan fingerprint density at radius 3 is 2.00 bits per heavy atom. The summed E-state index contributed by atoms with van der Waals surface area (Å²) in [6, 6.07) is 21.7. The second-order valence-corrected chi connectivity index (χ2v) is 7.52. The SMILES string of the molecule is CC(=O)NCc1ccc(S(=O)(=O)Oc2ccc(Oc3ccccc3)cc2)cc1. The zero-order chi connectivity index (χ0) is 20.0. The van der Waals surface area contributed by atoms with E-state index in [1.54, 1.807) is 24.3 Å². The number of nitrogens with one attached hydrogen (secondary N) is 1. The molecule has 0 fully saturated rings. The molecule has 0 aromatic heterocycles. The third-order valence-electron chi connectivity index (χ3n) is 3.76. The molecule has 0 saturated heterocycles. The van der Waals surface area contributed by atoms with Gasteiger partial charge in [-0.15, -0.1) is 0 Å². The molecule has 0 aliphatic heterocycles. The Morgan fingerprint density at radius 1 is 0.821 bits per heavy atom. The van der Waals surface area contributed by atoms with Crippen molar-refractivity contribution in [2.24, 2.45) is 0 Å². The van der Waals surface area contributed by atoms with Gasteiger partial charge in [0.1, 0.15) is 22.1 Å². The molecule has 0 aliphatic rings. The van der Waals surface area contributed by atoms with E-state index in [4.69, 9.17) is 8.92 Å². The van der Waals surface area contributed by atoms with Crippen LogP contribution in [-0.4, -0.2) is 14.3 Å². The van der Waals surface area contributed by atoms with Gasteiger partial charge in [-0.05, 0) is 54.1 Å². The molecule has 0 saturated carbocycles. The number of benzene rings is 3. The quantitative estimate of drug-likeness (QED) is 0.612. The molecule has 0 aliphatic carbocycles. The monoisotopic (exact) mass is 397 g/mol. The number of ether oxygens (including phenoxy) is 1. The van der Waals surface area contributed by atoms with Gasteiger partial charge >= 0.3 is 10.1 Å². The number of rotatable bonds is 7. The number of amides is 1. The van der Waals surface area contributed by atoms with Crippen LogP contribution in [0.3, 0.4) is 0 Å². The van der Waals surface area contributed by atoms with Crippen molar-refractivity contribution in [3.8, 4) is 17.2 Å². The molecule has 0 heterocycles. The molecule has 1 amide bonds. The fourth-order valence-electron chi connectivity index (χ4n) is 2.36. The van der Waals surface area contributed by atoms with E-state index in [1.165, 1.54) is 31.2 Å². The summed E-state index contributed by atoms with van der Waals surface area (Å²) >= 11 is 0. The lowest BCUT2D eigenvalue weighted by molar-refractivity contribution is -0.119. The second kappa shape index (κ2) is 8.58. The van der Waals surface area contributed by atoms with E-state index in [1.807, 2.05) is 30.3 Å². The summed E-state index contributed by atoms with van der Waals surface area (Å²) in [5.41, 5.74) is 0.788. The molecule has 0 unspecified atom stereocenters. The third kappa shape index (κ3) is 5.34. The number of hydrogen-bond donors (Lipinski definition) is 1. The highest BCUT2D eigenvalue weighted by Gasteiger charge is 2.16. The zero-order valence-electron chi connectivity index (χ0n) is 15.2. The standard InChI is InChI=1S/C21H19NO5S/c1-16(23)22-15-17-7-13-21(14-8-17)28(24,25)27-20-11-9-19(10-12-20)26-18-5-3-2-4-6-18/h2-14H,15H2,1H3,(H,22,23). The summed E-state index contributed by atoms with van der Waals surface area (Å²) in [6.45, 7) is 1.75. The maximum Gasteiger partial charge on any atom is 0.339 e. The molecular weight excluding hydrogens is 378 g/mol. The first-order valence-electron chi connectivity index (χ1n) is 8.53. The van der Waals surface area contributed by atoms with Gasteiger partial charge in [0, 0.05) is 13.5 Å². The summed E-state index contributed by atoms with van der Waals surface area (Å²) < 4.78 is 35.7. The summed E-state index contributed by atoms with van der Waals surface area (Å²) in [7, 11) is -3.96. The topological polar surface area (TPSA) is 81.7 Å². The van der Waals surface area contributed by atoms with Crippen molar-refractivity contribution in [1.82, 2.24) is 5.32 Å². The average Bonchev–Trinajstić information content (AvgIpc) is 2.69. The minimum atomic E-state index is -3.96. The van der Waals surface area contributed by atoms with Crippen LogP contribution in [-0.2, 0) is 21.5 Å². The van der Waals surface area contributed by atoms with Gasteiger partial charge < -0.3 is 14.2 Å². The van der Waals surface area contributed by atoms with E-state index >= 15 is 0 Å². The molecule has 0 atom stereocenters. The fraction of sp³-hybridized carbons (Fsp3) is 0.0952. The van der Waals surface area contributed by atoms with Crippen LogP contribution in [0.2, 0.25) is 0 Å². The van der Waals surface area contributed by atoms with Crippen molar-refractivity contribution < 1.29 is 22.1 Å². The van der Waals surface area contributed by atoms with E-state index in [0.29, 0.717) is 18.0 Å². The average molecular weight is 397 g/mol. The summed E-state index contributed by atoms with van der Waals surface area (Å²) in [5.74, 6) is 1.28. The molecule has 0 radical (unpaired) electrons. The van der Waals surface area contributed by atoms with Crippen LogP contribution >= 0.6 is 0 Å². The van der Waals surface area contributed by atoms with Crippen LogP contribution in [0, 0.1) is 0 Å². The van der Waals surface area contributed by atoms with E-state index in [9.17, 15) is 13.2 Å². The van der Waals surface area contributed by atoms with Crippen molar-refractivity contribution in [2.45, 2.75) is 18.4 Å². The number of carbonyl (C=O) groups is 1. The highest BCUT2D eigenvalue weighted by Crippen LogP contribution is 2.25. The zero-order valence-corrected chi connectivity index (χ0v) is 16.0. The summed E-state index contributed by atoms with van der Waals surface area (Å²) in [4.78, 5) is 11.0. The molecule has 144 valence electrons. The van der Waals surface area contributed by atoms with Gasteiger partial charge in [0.25, 0.3) is 0 Å². The Labute approximate surface area is 163 Å². The maximum absolute atomic E-state index is 12.4. The normalized spacial score (nSPS) is 10.9. The Balaban J connectivity index is 1.65. The molecule has 0 spiro atoms. The second-order valence-electron chi connectivity index (χ2n) is 5.98. The highest BCUT2D eigenvalue weighted by molar-refractivity contribution is 7.87. The first kappa shape index (κ1) is 19.4. The largest absolute Gasteiger partial charge is 0.457 e. The number of carbonyl (C=O) groups excluding carboxylic acids is 1. The Bertz CT molecular complexity index is 1030. The molecule has 7 heteroatoms. The van der Waals surface area contributed by atoms with E-state index in [2.05, 4.69) is 5.32 Å². The lowest BCUT2D eigenvalue weighted by Gasteiger charge is -2.09. The molecule has 0 bridgehead atoms. The Morgan fingerprint density at radius 2 is 1.39 bits per heavy atom. The maximum atomic E-state index is 12.4. The van der Waals surface area contributed by atoms with Crippen molar-refractivity contribution in [2.75, 3.05) is 0 Å². The van der Waals surface area contributed by atoms with Crippen LogP contribution in [0.4, 0.5) is 0 Å². The van der Waals surface area contributed by atoms with Gasteiger partial charge in [-0.3, -0.25) is 4.79 Å². The number of hydrogen-bond acceptors (Lipinski definition) is 5. The van der Waals surface area contributed by atoms with Gasteiger partial charge in [0.15, 0.2) is 0 Å². The van der Waals surface area contributed by atoms with Gasteiger partial charge in [0.2, 0.25) is 5.91 Å². The molecular formula is C21H19NO5S. The van der Waals surface area contributed by atoms with Gasteiger partial charge in [-0.1, -0.05) is 30.3 Å². The van der Waals surface area contributed by atoms with Crippen molar-refractivity contribution >= 4 is 16.0 Å². The van der Waals surface area contributed by atoms with Crippen molar-refractivity contribution in [3.05, 3.63) is 84.4 Å². The lowest BCUT2D eigenvalue weighted by atomic mass is 10.2. The van der Waals surface area contributed by atoms with Crippen LogP contribution in [0.25, 0.3) is 0 Å². The van der Waals surface area contributed by atoms with E-state index < -0.39 is 10.1 Å². The first-order valence-corrected chi connectivity index (χ1v) is 9.94. The van der Waals surface area contributed by atoms with E-state index in [-0.39, 0.29) is 16.6 Å². The molecule has 1 N–H and O–H groups in total. The predicted molar refractivity (Wildman–Crippen MR) is 105 cm³/mol. The van der Waals surface area contributed by atoms with Gasteiger partial charge in [-0.25, -0.2) is 0 Å². The van der Waals surface area contributed by atoms with Crippen LogP contribution in [0.5, 0.6) is 17.2 Å². The van der Waals surface area contributed by atoms with Crippen molar-refractivity contribution in [1.29, 1.82) is 0 Å². The smallest absolute Gasteiger partial charge is 0.339 e. The molecule has 3 aromatic carbocycles.